The highest BCUT2D eigenvalue weighted by molar-refractivity contribution is 5.87. The first kappa shape index (κ1) is 22.0. The van der Waals surface area contributed by atoms with E-state index in [1.807, 2.05) is 0 Å². The van der Waals surface area contributed by atoms with E-state index in [4.69, 9.17) is 5.11 Å². The van der Waals surface area contributed by atoms with Gasteiger partial charge in [0.15, 0.2) is 0 Å². The third-order valence-corrected chi connectivity index (χ3v) is 4.94. The van der Waals surface area contributed by atoms with Crippen LogP contribution in [0.3, 0.4) is 0 Å². The van der Waals surface area contributed by atoms with Crippen molar-refractivity contribution in [3.8, 4) is 0 Å². The van der Waals surface area contributed by atoms with Crippen molar-refractivity contribution in [1.82, 2.24) is 4.90 Å². The Balaban J connectivity index is 2.00. The maximum absolute atomic E-state index is 13.9. The molecule has 2 rings (SSSR count). The van der Waals surface area contributed by atoms with Gasteiger partial charge in [-0.15, -0.1) is 0 Å². The number of alkyl halides is 2. The molecule has 2 atom stereocenters. The fourth-order valence-electron chi connectivity index (χ4n) is 3.28. The van der Waals surface area contributed by atoms with E-state index in [0.717, 1.165) is 29.7 Å². The van der Waals surface area contributed by atoms with Crippen LogP contribution >= 0.6 is 0 Å². The van der Waals surface area contributed by atoms with Crippen molar-refractivity contribution in [2.24, 2.45) is 0 Å². The molecular formula is C21H27F2NO4. The molecule has 28 heavy (non-hydrogen) atoms. The van der Waals surface area contributed by atoms with E-state index in [9.17, 15) is 23.5 Å². The average Bonchev–Trinajstić information content (AvgIpc) is 2.87. The number of amides is 1. The van der Waals surface area contributed by atoms with Crippen LogP contribution in [0.2, 0.25) is 0 Å². The molecule has 1 heterocycles. The van der Waals surface area contributed by atoms with Gasteiger partial charge in [0.2, 0.25) is 0 Å². The Labute approximate surface area is 163 Å². The zero-order valence-corrected chi connectivity index (χ0v) is 16.0. The lowest BCUT2D eigenvalue weighted by Crippen LogP contribution is -2.37. The summed E-state index contributed by atoms with van der Waals surface area (Å²) in [6.07, 6.45) is 5.49. The van der Waals surface area contributed by atoms with Gasteiger partial charge in [-0.2, -0.15) is 8.78 Å². The van der Waals surface area contributed by atoms with Gasteiger partial charge in [0.25, 0.3) is 5.91 Å². The first-order valence-electron chi connectivity index (χ1n) is 9.62. The molecule has 1 saturated heterocycles. The smallest absolute Gasteiger partial charge is 0.335 e. The molecule has 154 valence electrons. The number of nitrogens with zero attached hydrogens (tertiary/aromatic N) is 1. The molecule has 2 N–H and O–H groups in total. The molecule has 1 aliphatic heterocycles. The monoisotopic (exact) mass is 395 g/mol. The molecule has 5 nitrogen and oxygen atoms in total. The van der Waals surface area contributed by atoms with E-state index in [0.29, 0.717) is 12.8 Å². The fraction of sp³-hybridized carbons (Fsp3) is 0.524. The van der Waals surface area contributed by atoms with Crippen molar-refractivity contribution in [3.05, 3.63) is 47.5 Å². The average molecular weight is 395 g/mol. The van der Waals surface area contributed by atoms with Gasteiger partial charge in [0, 0.05) is 13.0 Å². The molecule has 1 aromatic rings. The van der Waals surface area contributed by atoms with Crippen molar-refractivity contribution < 1.29 is 28.6 Å². The minimum absolute atomic E-state index is 0.0990. The maximum Gasteiger partial charge on any atom is 0.335 e. The SMILES string of the molecule is CCCCC[C@@H](O)C=C[C@H]1CC(F)(F)C(=O)N1CCc1ccc(C(=O)O)cc1. The molecule has 1 aromatic carbocycles. The van der Waals surface area contributed by atoms with Crippen LogP contribution in [0, 0.1) is 0 Å². The molecule has 1 amide bonds. The number of carboxylic acid groups (broad SMARTS) is 1. The maximum atomic E-state index is 13.9. The van der Waals surface area contributed by atoms with Crippen LogP contribution in [0.5, 0.6) is 0 Å². The Kier molecular flexibility index (Phi) is 7.69. The molecule has 0 unspecified atom stereocenters. The van der Waals surface area contributed by atoms with E-state index < -0.39 is 36.4 Å². The van der Waals surface area contributed by atoms with E-state index in [-0.39, 0.29) is 12.1 Å². The minimum atomic E-state index is -3.41. The predicted molar refractivity (Wildman–Crippen MR) is 101 cm³/mol. The minimum Gasteiger partial charge on any atom is -0.478 e. The summed E-state index contributed by atoms with van der Waals surface area (Å²) in [5.74, 6) is -5.65. The number of carbonyl (C=O) groups is 2. The van der Waals surface area contributed by atoms with Crippen LogP contribution in [0.4, 0.5) is 8.78 Å². The summed E-state index contributed by atoms with van der Waals surface area (Å²) >= 11 is 0. The lowest BCUT2D eigenvalue weighted by molar-refractivity contribution is -0.148. The van der Waals surface area contributed by atoms with Crippen LogP contribution < -0.4 is 0 Å². The number of aromatic carboxylic acids is 1. The van der Waals surface area contributed by atoms with E-state index >= 15 is 0 Å². The van der Waals surface area contributed by atoms with Crippen LogP contribution in [-0.2, 0) is 11.2 Å². The van der Waals surface area contributed by atoms with Gasteiger partial charge in [-0.25, -0.2) is 4.79 Å². The molecule has 0 radical (unpaired) electrons. The van der Waals surface area contributed by atoms with Crippen molar-refractivity contribution in [3.63, 3.8) is 0 Å². The number of hydrogen-bond acceptors (Lipinski definition) is 3. The first-order valence-corrected chi connectivity index (χ1v) is 9.62. The Bertz CT molecular complexity index is 703. The second kappa shape index (κ2) is 9.78. The second-order valence-electron chi connectivity index (χ2n) is 7.17. The number of likely N-dealkylation sites (tertiary alicyclic amines) is 1. The van der Waals surface area contributed by atoms with E-state index in [1.165, 1.54) is 24.3 Å². The van der Waals surface area contributed by atoms with Crippen LogP contribution in [0.15, 0.2) is 36.4 Å². The Morgan fingerprint density at radius 2 is 2.00 bits per heavy atom. The van der Waals surface area contributed by atoms with Crippen molar-refractivity contribution in [2.45, 2.75) is 63.5 Å². The van der Waals surface area contributed by atoms with Crippen molar-refractivity contribution >= 4 is 11.9 Å². The predicted octanol–water partition coefficient (Wildman–Crippen LogP) is 3.66. The lowest BCUT2D eigenvalue weighted by atomic mass is 10.1. The Hall–Kier alpha value is -2.28. The highest BCUT2D eigenvalue weighted by Gasteiger charge is 2.52. The summed E-state index contributed by atoms with van der Waals surface area (Å²) < 4.78 is 27.9. The number of unbranched alkanes of at least 4 members (excludes halogenated alkanes) is 2. The molecule has 7 heteroatoms. The van der Waals surface area contributed by atoms with Crippen molar-refractivity contribution in [1.29, 1.82) is 0 Å². The molecular weight excluding hydrogens is 368 g/mol. The molecule has 0 bridgehead atoms. The number of hydrogen-bond donors (Lipinski definition) is 2. The summed E-state index contributed by atoms with van der Waals surface area (Å²) in [5.41, 5.74) is 0.903. The standard InChI is InChI=1S/C21H27F2NO4/c1-2-3-4-5-18(25)11-10-17-14-21(22,23)20(28)24(17)13-12-15-6-8-16(9-7-15)19(26)27/h6-11,17-18,25H,2-5,12-14H2,1H3,(H,26,27)/t17-,18+/m0/s1. The Morgan fingerprint density at radius 1 is 1.32 bits per heavy atom. The number of rotatable bonds is 10. The largest absolute Gasteiger partial charge is 0.478 e. The van der Waals surface area contributed by atoms with Crippen LogP contribution in [0.25, 0.3) is 0 Å². The number of halogens is 2. The molecule has 0 spiro atoms. The quantitative estimate of drug-likeness (QED) is 0.468. The van der Waals surface area contributed by atoms with Gasteiger partial charge in [0.1, 0.15) is 0 Å². The molecule has 0 aliphatic carbocycles. The molecule has 1 aliphatic rings. The van der Waals surface area contributed by atoms with Gasteiger partial charge in [0.05, 0.1) is 17.7 Å². The number of aliphatic hydroxyl groups excluding tert-OH is 1. The number of carbonyl (C=O) groups excluding carboxylic acids is 1. The summed E-state index contributed by atoms with van der Waals surface area (Å²) in [7, 11) is 0. The highest BCUT2D eigenvalue weighted by Crippen LogP contribution is 2.34. The van der Waals surface area contributed by atoms with Gasteiger partial charge in [-0.1, -0.05) is 50.5 Å². The highest BCUT2D eigenvalue weighted by atomic mass is 19.3. The number of aliphatic hydroxyl groups is 1. The molecule has 1 fully saturated rings. The molecule has 0 aromatic heterocycles. The van der Waals surface area contributed by atoms with Crippen LogP contribution in [0.1, 0.15) is 54.9 Å². The number of benzene rings is 1. The van der Waals surface area contributed by atoms with Crippen molar-refractivity contribution in [2.75, 3.05) is 6.54 Å². The van der Waals surface area contributed by atoms with Crippen LogP contribution in [-0.4, -0.2) is 51.6 Å². The zero-order valence-electron chi connectivity index (χ0n) is 16.0. The zero-order chi connectivity index (χ0) is 20.7. The van der Waals surface area contributed by atoms with E-state index in [1.54, 1.807) is 12.1 Å². The summed E-state index contributed by atoms with van der Waals surface area (Å²) in [6.45, 7) is 2.16. The van der Waals surface area contributed by atoms with E-state index in [2.05, 4.69) is 6.92 Å². The van der Waals surface area contributed by atoms with Gasteiger partial charge in [-0.05, 0) is 30.5 Å². The molecule has 0 saturated carbocycles. The topological polar surface area (TPSA) is 77.8 Å². The normalized spacial score (nSPS) is 20.1. The summed E-state index contributed by atoms with van der Waals surface area (Å²) in [6, 6.07) is 5.36. The third-order valence-electron chi connectivity index (χ3n) is 4.94. The Morgan fingerprint density at radius 3 is 2.61 bits per heavy atom. The summed E-state index contributed by atoms with van der Waals surface area (Å²) in [5, 5.41) is 18.9. The van der Waals surface area contributed by atoms with Gasteiger partial charge >= 0.3 is 11.9 Å². The third kappa shape index (κ3) is 5.86. The van der Waals surface area contributed by atoms with Gasteiger partial charge < -0.3 is 15.1 Å². The second-order valence-corrected chi connectivity index (χ2v) is 7.17. The fourth-order valence-corrected chi connectivity index (χ4v) is 3.28. The lowest BCUT2D eigenvalue weighted by Gasteiger charge is -2.22. The van der Waals surface area contributed by atoms with Gasteiger partial charge in [-0.3, -0.25) is 4.79 Å². The summed E-state index contributed by atoms with van der Waals surface area (Å²) in [4.78, 5) is 24.1. The number of carboxylic acids is 1. The first-order chi connectivity index (χ1) is 13.2.